The van der Waals surface area contributed by atoms with Crippen LogP contribution in [0.15, 0.2) is 47.4 Å². The summed E-state index contributed by atoms with van der Waals surface area (Å²) in [7, 11) is -2.07. The molecule has 0 aromatic heterocycles. The molecule has 0 saturated carbocycles. The molecule has 2 aromatic rings. The Hall–Kier alpha value is -2.42. The van der Waals surface area contributed by atoms with Crippen LogP contribution in [0.2, 0.25) is 0 Å². The van der Waals surface area contributed by atoms with E-state index < -0.39 is 10.0 Å². The first-order chi connectivity index (χ1) is 15.3. The summed E-state index contributed by atoms with van der Waals surface area (Å²) >= 11 is 0. The van der Waals surface area contributed by atoms with Gasteiger partial charge >= 0.3 is 0 Å². The van der Waals surface area contributed by atoms with E-state index in [1.807, 2.05) is 31.2 Å². The van der Waals surface area contributed by atoms with Crippen LogP contribution in [0.1, 0.15) is 43.9 Å². The maximum atomic E-state index is 13.2. The lowest BCUT2D eigenvalue weighted by atomic mass is 10.0. The van der Waals surface area contributed by atoms with Gasteiger partial charge in [-0.25, -0.2) is 13.1 Å². The van der Waals surface area contributed by atoms with Crippen molar-refractivity contribution in [3.05, 3.63) is 53.6 Å². The molecule has 0 bridgehead atoms. The number of nitrogens with zero attached hydrogens (tertiary/aromatic N) is 2. The molecule has 32 heavy (non-hydrogen) atoms. The van der Waals surface area contributed by atoms with E-state index in [0.717, 1.165) is 48.5 Å². The quantitative estimate of drug-likeness (QED) is 0.691. The molecule has 1 saturated heterocycles. The number of carbonyl (C=O) groups excluding carboxylic acids is 1. The summed E-state index contributed by atoms with van der Waals surface area (Å²) in [4.78, 5) is 16.2. The molecular weight excluding hydrogens is 426 g/mol. The zero-order valence-corrected chi connectivity index (χ0v) is 19.7. The SMILES string of the molecule is COc1ccccc1[C@H](CNS(=O)(=O)c1ccc2c(c1)C[C@@H](C)N2C(C)=O)N1CCCC1. The number of anilines is 1. The molecule has 0 unspecified atom stereocenters. The summed E-state index contributed by atoms with van der Waals surface area (Å²) in [5.74, 6) is 0.731. The van der Waals surface area contributed by atoms with Crippen molar-refractivity contribution in [2.75, 3.05) is 31.6 Å². The normalized spacial score (nSPS) is 19.7. The van der Waals surface area contributed by atoms with E-state index in [9.17, 15) is 13.2 Å². The Balaban J connectivity index is 1.57. The predicted octanol–water partition coefficient (Wildman–Crippen LogP) is 3.11. The highest BCUT2D eigenvalue weighted by molar-refractivity contribution is 7.89. The van der Waals surface area contributed by atoms with Crippen LogP contribution in [0.3, 0.4) is 0 Å². The van der Waals surface area contributed by atoms with Gasteiger partial charge in [-0.05, 0) is 69.1 Å². The van der Waals surface area contributed by atoms with Crippen molar-refractivity contribution in [1.82, 2.24) is 9.62 Å². The minimum absolute atomic E-state index is 0.0264. The number of nitrogens with one attached hydrogen (secondary N) is 1. The number of hydrogen-bond donors (Lipinski definition) is 1. The molecule has 1 fully saturated rings. The summed E-state index contributed by atoms with van der Waals surface area (Å²) in [5.41, 5.74) is 2.67. The molecule has 2 aliphatic heterocycles. The number of amides is 1. The maximum absolute atomic E-state index is 13.2. The Labute approximate surface area is 190 Å². The molecule has 2 aliphatic rings. The second-order valence-electron chi connectivity index (χ2n) is 8.59. The number of para-hydroxylation sites is 1. The molecular formula is C24H31N3O4S. The van der Waals surface area contributed by atoms with Gasteiger partial charge in [0.1, 0.15) is 5.75 Å². The number of fused-ring (bicyclic) bond motifs is 1. The van der Waals surface area contributed by atoms with Gasteiger partial charge in [0.05, 0.1) is 18.0 Å². The van der Waals surface area contributed by atoms with Gasteiger partial charge in [-0.2, -0.15) is 0 Å². The molecule has 172 valence electrons. The third-order valence-corrected chi connectivity index (χ3v) is 7.88. The Kier molecular flexibility index (Phi) is 6.55. The molecule has 1 amide bonds. The minimum Gasteiger partial charge on any atom is -0.496 e. The van der Waals surface area contributed by atoms with Crippen LogP contribution in [-0.2, 0) is 21.2 Å². The Bertz CT molecular complexity index is 1100. The fourth-order valence-corrected chi connectivity index (χ4v) is 6.05. The largest absolute Gasteiger partial charge is 0.496 e. The van der Waals surface area contributed by atoms with Gasteiger partial charge in [-0.1, -0.05) is 18.2 Å². The number of benzene rings is 2. The van der Waals surface area contributed by atoms with E-state index in [0.29, 0.717) is 6.42 Å². The van der Waals surface area contributed by atoms with Gasteiger partial charge < -0.3 is 9.64 Å². The molecule has 8 heteroatoms. The maximum Gasteiger partial charge on any atom is 0.240 e. The highest BCUT2D eigenvalue weighted by atomic mass is 32.2. The lowest BCUT2D eigenvalue weighted by Gasteiger charge is -2.29. The average molecular weight is 458 g/mol. The van der Waals surface area contributed by atoms with E-state index in [1.54, 1.807) is 30.2 Å². The number of ether oxygens (including phenoxy) is 1. The average Bonchev–Trinajstić information content (AvgIpc) is 3.40. The summed E-state index contributed by atoms with van der Waals surface area (Å²) in [6.45, 7) is 5.63. The van der Waals surface area contributed by atoms with E-state index in [2.05, 4.69) is 9.62 Å². The van der Waals surface area contributed by atoms with Crippen LogP contribution in [0, 0.1) is 0 Å². The molecule has 7 nitrogen and oxygen atoms in total. The Morgan fingerprint density at radius 2 is 1.91 bits per heavy atom. The number of carbonyl (C=O) groups is 1. The summed E-state index contributed by atoms with van der Waals surface area (Å²) < 4.78 is 34.8. The second kappa shape index (κ2) is 9.21. The van der Waals surface area contributed by atoms with Crippen molar-refractivity contribution in [2.24, 2.45) is 0 Å². The molecule has 0 spiro atoms. The van der Waals surface area contributed by atoms with Crippen LogP contribution < -0.4 is 14.4 Å². The van der Waals surface area contributed by atoms with Crippen LogP contribution >= 0.6 is 0 Å². The molecule has 0 aliphatic carbocycles. The number of likely N-dealkylation sites (tertiary alicyclic amines) is 1. The second-order valence-corrected chi connectivity index (χ2v) is 10.4. The van der Waals surface area contributed by atoms with Crippen molar-refractivity contribution in [1.29, 1.82) is 0 Å². The van der Waals surface area contributed by atoms with Crippen molar-refractivity contribution < 1.29 is 17.9 Å². The van der Waals surface area contributed by atoms with E-state index in [1.165, 1.54) is 6.92 Å². The van der Waals surface area contributed by atoms with Gasteiger partial charge in [0.2, 0.25) is 15.9 Å². The van der Waals surface area contributed by atoms with Gasteiger partial charge in [0.15, 0.2) is 0 Å². The minimum atomic E-state index is -3.71. The summed E-state index contributed by atoms with van der Waals surface area (Å²) in [6.07, 6.45) is 2.86. The first-order valence-electron chi connectivity index (χ1n) is 11.1. The molecule has 1 N–H and O–H groups in total. The van der Waals surface area contributed by atoms with Crippen molar-refractivity contribution in [3.63, 3.8) is 0 Å². The zero-order valence-electron chi connectivity index (χ0n) is 18.9. The summed E-state index contributed by atoms with van der Waals surface area (Å²) in [5, 5.41) is 0. The lowest BCUT2D eigenvalue weighted by molar-refractivity contribution is -0.116. The Morgan fingerprint density at radius 1 is 1.19 bits per heavy atom. The fourth-order valence-electron chi connectivity index (χ4n) is 4.96. The predicted molar refractivity (Wildman–Crippen MR) is 124 cm³/mol. The highest BCUT2D eigenvalue weighted by Gasteiger charge is 2.31. The van der Waals surface area contributed by atoms with Crippen LogP contribution in [0.4, 0.5) is 5.69 Å². The fraction of sp³-hybridized carbons (Fsp3) is 0.458. The van der Waals surface area contributed by atoms with Gasteiger partial charge in [-0.15, -0.1) is 0 Å². The molecule has 2 atom stereocenters. The van der Waals surface area contributed by atoms with Crippen molar-refractivity contribution >= 4 is 21.6 Å². The third kappa shape index (κ3) is 4.40. The Morgan fingerprint density at radius 3 is 2.59 bits per heavy atom. The van der Waals surface area contributed by atoms with Crippen LogP contribution in [-0.4, -0.2) is 52.0 Å². The van der Waals surface area contributed by atoms with Crippen LogP contribution in [0.25, 0.3) is 0 Å². The molecule has 4 rings (SSSR count). The number of hydrogen-bond acceptors (Lipinski definition) is 5. The van der Waals surface area contributed by atoms with Gasteiger partial charge in [0.25, 0.3) is 0 Å². The third-order valence-electron chi connectivity index (χ3n) is 6.46. The van der Waals surface area contributed by atoms with E-state index >= 15 is 0 Å². The monoisotopic (exact) mass is 457 g/mol. The molecule has 2 aromatic carbocycles. The van der Waals surface area contributed by atoms with Crippen molar-refractivity contribution in [3.8, 4) is 5.75 Å². The topological polar surface area (TPSA) is 79.0 Å². The zero-order chi connectivity index (χ0) is 22.9. The first kappa shape index (κ1) is 22.8. The van der Waals surface area contributed by atoms with E-state index in [4.69, 9.17) is 4.74 Å². The standard InChI is InChI=1S/C24H31N3O4S/c1-17-14-19-15-20(10-11-22(19)27(17)18(2)28)32(29,30)25-16-23(26-12-6-7-13-26)21-8-4-5-9-24(21)31-3/h4-5,8-11,15,17,23,25H,6-7,12-14,16H2,1-3H3/t17-,23+/m1/s1. The molecule has 0 radical (unpaired) electrons. The number of methoxy groups -OCH3 is 1. The number of sulfonamides is 1. The summed E-state index contributed by atoms with van der Waals surface area (Å²) in [6, 6.07) is 12.7. The van der Waals surface area contributed by atoms with Gasteiger partial charge in [-0.3, -0.25) is 9.69 Å². The smallest absolute Gasteiger partial charge is 0.240 e. The highest BCUT2D eigenvalue weighted by Crippen LogP contribution is 2.35. The number of rotatable bonds is 7. The van der Waals surface area contributed by atoms with Gasteiger partial charge in [0, 0.05) is 30.8 Å². The van der Waals surface area contributed by atoms with Crippen LogP contribution in [0.5, 0.6) is 5.75 Å². The van der Waals surface area contributed by atoms with E-state index in [-0.39, 0.29) is 29.4 Å². The van der Waals surface area contributed by atoms with Crippen molar-refractivity contribution in [2.45, 2.75) is 50.1 Å². The molecule has 2 heterocycles. The lowest BCUT2D eigenvalue weighted by Crippen LogP contribution is -2.37. The first-order valence-corrected chi connectivity index (χ1v) is 12.6.